The summed E-state index contributed by atoms with van der Waals surface area (Å²) >= 11 is 12.6. The number of thiocarbonyl (C=S) groups is 2. The second-order valence-corrected chi connectivity index (χ2v) is 7.65. The summed E-state index contributed by atoms with van der Waals surface area (Å²) in [4.78, 5) is 2.45. The van der Waals surface area contributed by atoms with Crippen LogP contribution < -0.4 is 22.3 Å². The Morgan fingerprint density at radius 3 is 1.32 bits per heavy atom. The minimum absolute atomic E-state index is 0.169. The van der Waals surface area contributed by atoms with E-state index < -0.39 is 0 Å². The predicted molar refractivity (Wildman–Crippen MR) is 131 cm³/mol. The second kappa shape index (κ2) is 13.9. The number of nitrogens with zero attached hydrogens (tertiary/aromatic N) is 2. The summed E-state index contributed by atoms with van der Waals surface area (Å²) in [6.45, 7) is 0. The zero-order valence-electron chi connectivity index (χ0n) is 15.5. The van der Waals surface area contributed by atoms with Crippen molar-refractivity contribution in [2.45, 2.75) is 9.79 Å². The third kappa shape index (κ3) is 10.9. The molecule has 0 radical (unpaired) electrons. The normalized spacial score (nSPS) is 10.4. The lowest BCUT2D eigenvalue weighted by Crippen LogP contribution is -2.23. The van der Waals surface area contributed by atoms with Crippen molar-refractivity contribution in [1.29, 1.82) is 0 Å². The van der Waals surface area contributed by atoms with E-state index in [9.17, 15) is 0 Å². The summed E-state index contributed by atoms with van der Waals surface area (Å²) in [7, 11) is 0. The van der Waals surface area contributed by atoms with Crippen LogP contribution in [-0.4, -0.2) is 35.2 Å². The first-order chi connectivity index (χ1) is 13.4. The van der Waals surface area contributed by atoms with Gasteiger partial charge in [0.1, 0.15) is 0 Å². The van der Waals surface area contributed by atoms with Gasteiger partial charge in [0.25, 0.3) is 0 Å². The standard InChI is InChI=1S/2C9H11N3S2/c2*1-14-8-4-2-7(3-5-8)6-11-12-9(10)13/h2*2-6H,1H3,(H3,10,12,13)/b2*11-6+. The third-order valence-corrected chi connectivity index (χ3v) is 4.68. The molecule has 0 unspecified atom stereocenters. The van der Waals surface area contributed by atoms with E-state index in [1.807, 2.05) is 61.0 Å². The van der Waals surface area contributed by atoms with E-state index in [1.54, 1.807) is 36.0 Å². The van der Waals surface area contributed by atoms with Crippen molar-refractivity contribution in [2.24, 2.45) is 21.7 Å². The molecule has 0 atom stereocenters. The van der Waals surface area contributed by atoms with Gasteiger partial charge in [-0.15, -0.1) is 23.5 Å². The Labute approximate surface area is 184 Å². The van der Waals surface area contributed by atoms with Gasteiger partial charge in [0, 0.05) is 9.79 Å². The van der Waals surface area contributed by atoms with Crippen molar-refractivity contribution in [3.8, 4) is 0 Å². The number of thioether (sulfide) groups is 2. The highest BCUT2D eigenvalue weighted by Crippen LogP contribution is 2.14. The molecule has 0 bridgehead atoms. The van der Waals surface area contributed by atoms with Crippen LogP contribution in [0.15, 0.2) is 68.5 Å². The monoisotopic (exact) mass is 450 g/mol. The molecular formula is C18H22N6S4. The van der Waals surface area contributed by atoms with Gasteiger partial charge in [-0.1, -0.05) is 24.3 Å². The van der Waals surface area contributed by atoms with Crippen molar-refractivity contribution in [1.82, 2.24) is 10.9 Å². The first-order valence-corrected chi connectivity index (χ1v) is 11.2. The Balaban J connectivity index is 0.000000280. The molecule has 6 N–H and O–H groups in total. The molecule has 2 aromatic carbocycles. The van der Waals surface area contributed by atoms with Gasteiger partial charge in [-0.3, -0.25) is 10.9 Å². The molecule has 0 amide bonds. The molecule has 28 heavy (non-hydrogen) atoms. The SMILES string of the molecule is CSc1ccc(/C=N/NC(N)=S)cc1.CSc1ccc(/C=N/NC(N)=S)cc1. The molecule has 0 aliphatic rings. The number of nitrogens with one attached hydrogen (secondary N) is 2. The van der Waals surface area contributed by atoms with Crippen LogP contribution in [0.2, 0.25) is 0 Å². The molecule has 0 aromatic heterocycles. The molecule has 0 spiro atoms. The number of hydrogen-bond donors (Lipinski definition) is 4. The fourth-order valence-electron chi connectivity index (χ4n) is 1.72. The maximum absolute atomic E-state index is 5.21. The predicted octanol–water partition coefficient (Wildman–Crippen LogP) is 3.15. The van der Waals surface area contributed by atoms with Crippen molar-refractivity contribution < 1.29 is 0 Å². The summed E-state index contributed by atoms with van der Waals surface area (Å²) in [6.07, 6.45) is 7.42. The Bertz CT molecular complexity index is 734. The lowest BCUT2D eigenvalue weighted by molar-refractivity contribution is 1.04. The van der Waals surface area contributed by atoms with Crippen LogP contribution in [0.4, 0.5) is 0 Å². The number of hydrogen-bond acceptors (Lipinski definition) is 6. The van der Waals surface area contributed by atoms with Gasteiger partial charge in [0.2, 0.25) is 0 Å². The van der Waals surface area contributed by atoms with E-state index in [4.69, 9.17) is 11.5 Å². The minimum atomic E-state index is 0.169. The highest BCUT2D eigenvalue weighted by molar-refractivity contribution is 7.98. The van der Waals surface area contributed by atoms with E-state index in [0.717, 1.165) is 11.1 Å². The summed E-state index contributed by atoms with van der Waals surface area (Å²) in [5.41, 5.74) is 17.4. The Morgan fingerprint density at radius 2 is 1.07 bits per heavy atom. The third-order valence-electron chi connectivity index (χ3n) is 3.01. The van der Waals surface area contributed by atoms with E-state index in [2.05, 4.69) is 45.5 Å². The van der Waals surface area contributed by atoms with Gasteiger partial charge in [-0.25, -0.2) is 0 Å². The van der Waals surface area contributed by atoms with Crippen molar-refractivity contribution in [3.05, 3.63) is 59.7 Å². The zero-order valence-corrected chi connectivity index (χ0v) is 18.7. The minimum Gasteiger partial charge on any atom is -0.375 e. The second-order valence-electron chi connectivity index (χ2n) is 5.01. The van der Waals surface area contributed by atoms with Crippen molar-refractivity contribution >= 4 is 70.6 Å². The molecule has 0 heterocycles. The Kier molecular flexibility index (Phi) is 11.9. The van der Waals surface area contributed by atoms with Gasteiger partial charge < -0.3 is 11.5 Å². The van der Waals surface area contributed by atoms with Crippen LogP contribution in [0.1, 0.15) is 11.1 Å². The van der Waals surface area contributed by atoms with Gasteiger partial charge in [0.05, 0.1) is 12.4 Å². The van der Waals surface area contributed by atoms with Gasteiger partial charge >= 0.3 is 0 Å². The number of nitrogens with two attached hydrogens (primary N) is 2. The highest BCUT2D eigenvalue weighted by Gasteiger charge is 1.90. The quantitative estimate of drug-likeness (QED) is 0.230. The summed E-state index contributed by atoms with van der Waals surface area (Å²) in [5.74, 6) is 0. The molecule has 0 aliphatic carbocycles. The van der Waals surface area contributed by atoms with Gasteiger partial charge in [-0.05, 0) is 72.3 Å². The largest absolute Gasteiger partial charge is 0.375 e. The molecule has 0 aliphatic heterocycles. The van der Waals surface area contributed by atoms with Crippen LogP contribution in [0, 0.1) is 0 Å². The highest BCUT2D eigenvalue weighted by atomic mass is 32.2. The average Bonchev–Trinajstić information content (AvgIpc) is 2.69. The van der Waals surface area contributed by atoms with Crippen molar-refractivity contribution in [2.75, 3.05) is 12.5 Å². The fraction of sp³-hybridized carbons (Fsp3) is 0.111. The molecule has 2 rings (SSSR count). The van der Waals surface area contributed by atoms with Crippen LogP contribution in [-0.2, 0) is 0 Å². The number of hydrazone groups is 2. The van der Waals surface area contributed by atoms with Crippen molar-refractivity contribution in [3.63, 3.8) is 0 Å². The average molecular weight is 451 g/mol. The Hall–Kier alpha value is -2.14. The van der Waals surface area contributed by atoms with E-state index in [0.29, 0.717) is 0 Å². The first kappa shape index (κ1) is 23.9. The lowest BCUT2D eigenvalue weighted by atomic mass is 10.2. The van der Waals surface area contributed by atoms with Crippen LogP contribution in [0.5, 0.6) is 0 Å². The van der Waals surface area contributed by atoms with Crippen LogP contribution in [0.25, 0.3) is 0 Å². The van der Waals surface area contributed by atoms with E-state index in [-0.39, 0.29) is 10.2 Å². The molecule has 0 saturated carbocycles. The van der Waals surface area contributed by atoms with E-state index >= 15 is 0 Å². The molecular weight excluding hydrogens is 429 g/mol. The molecule has 0 fully saturated rings. The first-order valence-electron chi connectivity index (χ1n) is 7.89. The molecule has 2 aromatic rings. The van der Waals surface area contributed by atoms with Crippen LogP contribution >= 0.6 is 48.0 Å². The molecule has 148 valence electrons. The van der Waals surface area contributed by atoms with Crippen LogP contribution in [0.3, 0.4) is 0 Å². The van der Waals surface area contributed by atoms with E-state index in [1.165, 1.54) is 9.79 Å². The Morgan fingerprint density at radius 1 is 0.750 bits per heavy atom. The lowest BCUT2D eigenvalue weighted by Gasteiger charge is -1.97. The number of rotatable bonds is 6. The maximum atomic E-state index is 5.21. The fourth-order valence-corrected chi connectivity index (χ4v) is 2.64. The van der Waals surface area contributed by atoms with Gasteiger partial charge in [0.15, 0.2) is 10.2 Å². The summed E-state index contributed by atoms with van der Waals surface area (Å²) in [5, 5.41) is 8.03. The number of benzene rings is 2. The molecule has 6 nitrogen and oxygen atoms in total. The molecule has 0 saturated heterocycles. The zero-order chi connectivity index (χ0) is 20.8. The topological polar surface area (TPSA) is 101 Å². The molecule has 10 heteroatoms. The maximum Gasteiger partial charge on any atom is 0.184 e. The summed E-state index contributed by atoms with van der Waals surface area (Å²) < 4.78 is 0. The smallest absolute Gasteiger partial charge is 0.184 e. The van der Waals surface area contributed by atoms with Gasteiger partial charge in [-0.2, -0.15) is 10.2 Å². The summed E-state index contributed by atoms with van der Waals surface area (Å²) in [6, 6.07) is 16.1.